The van der Waals surface area contributed by atoms with Crippen molar-refractivity contribution in [3.8, 4) is 0 Å². The number of hydrogen-bond acceptors (Lipinski definition) is 5. The molecule has 2 rings (SSSR count). The van der Waals surface area contributed by atoms with Crippen molar-refractivity contribution in [1.82, 2.24) is 4.31 Å². The van der Waals surface area contributed by atoms with E-state index in [1.165, 1.54) is 20.0 Å². The normalized spacial score (nSPS) is 11.7. The summed E-state index contributed by atoms with van der Waals surface area (Å²) in [6.45, 7) is 1.63. The first-order valence-corrected chi connectivity index (χ1v) is 10.2. The number of halogens is 1. The Morgan fingerprint density at radius 2 is 1.84 bits per heavy atom. The minimum Gasteiger partial charge on any atom is -0.258 e. The zero-order valence-electron chi connectivity index (χ0n) is 13.9. The van der Waals surface area contributed by atoms with E-state index in [-0.39, 0.29) is 27.7 Å². The molecule has 0 aliphatic rings. The molecule has 0 fully saturated rings. The van der Waals surface area contributed by atoms with Crippen LogP contribution in [-0.4, -0.2) is 30.9 Å². The number of hydrogen-bond donors (Lipinski definition) is 0. The zero-order valence-corrected chi connectivity index (χ0v) is 16.3. The van der Waals surface area contributed by atoms with Gasteiger partial charge in [0, 0.05) is 30.1 Å². The third-order valence-corrected chi connectivity index (χ3v) is 6.68. The molecule has 0 saturated heterocycles. The van der Waals surface area contributed by atoms with E-state index in [0.717, 1.165) is 20.8 Å². The van der Waals surface area contributed by atoms with Gasteiger partial charge in [0.25, 0.3) is 5.69 Å². The molecule has 0 radical (unpaired) electrons. The molecule has 0 heterocycles. The van der Waals surface area contributed by atoms with Gasteiger partial charge >= 0.3 is 0 Å². The fraction of sp³-hybridized carbons (Fsp3) is 0.250. The highest BCUT2D eigenvalue weighted by Gasteiger charge is 2.26. The third kappa shape index (κ3) is 4.33. The summed E-state index contributed by atoms with van der Waals surface area (Å²) in [5.74, 6) is 0. The van der Waals surface area contributed by atoms with Crippen LogP contribution in [0.2, 0.25) is 5.02 Å². The number of sulfonamides is 1. The van der Waals surface area contributed by atoms with Crippen LogP contribution < -0.4 is 0 Å². The molecule has 134 valence electrons. The van der Waals surface area contributed by atoms with E-state index >= 15 is 0 Å². The number of nitro groups is 1. The van der Waals surface area contributed by atoms with Gasteiger partial charge in [0.2, 0.25) is 10.0 Å². The summed E-state index contributed by atoms with van der Waals surface area (Å²) in [7, 11) is -2.48. The molecule has 9 heteroatoms. The largest absolute Gasteiger partial charge is 0.275 e. The van der Waals surface area contributed by atoms with Gasteiger partial charge in [-0.15, -0.1) is 11.8 Å². The second-order valence-electron chi connectivity index (χ2n) is 5.42. The van der Waals surface area contributed by atoms with Gasteiger partial charge in [-0.2, -0.15) is 4.31 Å². The van der Waals surface area contributed by atoms with Crippen molar-refractivity contribution in [1.29, 1.82) is 0 Å². The van der Waals surface area contributed by atoms with Crippen LogP contribution in [0.25, 0.3) is 0 Å². The highest BCUT2D eigenvalue weighted by Crippen LogP contribution is 2.31. The van der Waals surface area contributed by atoms with Crippen molar-refractivity contribution in [2.24, 2.45) is 0 Å². The fourth-order valence-corrected chi connectivity index (χ4v) is 4.13. The van der Waals surface area contributed by atoms with Crippen molar-refractivity contribution in [3.05, 3.63) is 62.7 Å². The van der Waals surface area contributed by atoms with Crippen LogP contribution in [0, 0.1) is 17.0 Å². The highest BCUT2D eigenvalue weighted by atomic mass is 35.5. The van der Waals surface area contributed by atoms with E-state index in [2.05, 4.69) is 0 Å². The minimum absolute atomic E-state index is 0.0468. The molecule has 0 amide bonds. The Morgan fingerprint density at radius 1 is 1.24 bits per heavy atom. The van der Waals surface area contributed by atoms with Crippen LogP contribution in [0.3, 0.4) is 0 Å². The molecule has 2 aromatic rings. The van der Waals surface area contributed by atoms with Crippen molar-refractivity contribution in [2.45, 2.75) is 23.3 Å². The Balaban J connectivity index is 2.35. The Hall–Kier alpha value is -1.61. The standard InChI is InChI=1S/C16H17ClN2O4S2/c1-11-15(17)8-14(9-16(11)19(20)21)25(22,23)18(2)10-12-4-6-13(24-3)7-5-12/h4-9H,10H2,1-3H3. The van der Waals surface area contributed by atoms with Crippen molar-refractivity contribution < 1.29 is 13.3 Å². The molecule has 0 aromatic heterocycles. The summed E-state index contributed by atoms with van der Waals surface area (Å²) in [5, 5.41) is 11.2. The second kappa shape index (κ2) is 7.74. The van der Waals surface area contributed by atoms with E-state index < -0.39 is 14.9 Å². The molecule has 0 saturated carbocycles. The molecule has 6 nitrogen and oxygen atoms in total. The van der Waals surface area contributed by atoms with Crippen LogP contribution in [0.4, 0.5) is 5.69 Å². The number of nitro benzene ring substituents is 1. The smallest absolute Gasteiger partial charge is 0.258 e. The number of thioether (sulfide) groups is 1. The monoisotopic (exact) mass is 400 g/mol. The van der Waals surface area contributed by atoms with Crippen LogP contribution in [0.1, 0.15) is 11.1 Å². The molecule has 0 aliphatic carbocycles. The molecule has 0 N–H and O–H groups in total. The van der Waals surface area contributed by atoms with Crippen LogP contribution in [-0.2, 0) is 16.6 Å². The third-order valence-electron chi connectivity index (χ3n) is 3.76. The number of nitrogens with zero attached hydrogens (tertiary/aromatic N) is 2. The summed E-state index contributed by atoms with van der Waals surface area (Å²) in [5.41, 5.74) is 0.737. The lowest BCUT2D eigenvalue weighted by atomic mass is 10.2. The maximum Gasteiger partial charge on any atom is 0.275 e. The van der Waals surface area contributed by atoms with Crippen molar-refractivity contribution in [3.63, 3.8) is 0 Å². The van der Waals surface area contributed by atoms with Gasteiger partial charge in [-0.25, -0.2) is 8.42 Å². The lowest BCUT2D eigenvalue weighted by Gasteiger charge is -2.18. The van der Waals surface area contributed by atoms with Crippen molar-refractivity contribution >= 4 is 39.1 Å². The Morgan fingerprint density at radius 3 is 2.36 bits per heavy atom. The molecule has 0 aliphatic heterocycles. The molecular weight excluding hydrogens is 384 g/mol. The van der Waals surface area contributed by atoms with Crippen LogP contribution >= 0.6 is 23.4 Å². The summed E-state index contributed by atoms with van der Waals surface area (Å²) in [6, 6.07) is 9.81. The van der Waals surface area contributed by atoms with E-state index in [9.17, 15) is 18.5 Å². The molecule has 0 spiro atoms. The van der Waals surface area contributed by atoms with Gasteiger partial charge in [0.15, 0.2) is 0 Å². The van der Waals surface area contributed by atoms with Gasteiger partial charge in [-0.05, 0) is 36.9 Å². The van der Waals surface area contributed by atoms with Gasteiger partial charge < -0.3 is 0 Å². The molecule has 2 aromatic carbocycles. The zero-order chi connectivity index (χ0) is 18.8. The van der Waals surface area contributed by atoms with Crippen molar-refractivity contribution in [2.75, 3.05) is 13.3 Å². The SMILES string of the molecule is CSc1ccc(CN(C)S(=O)(=O)c2cc(Cl)c(C)c([N+](=O)[O-])c2)cc1. The summed E-state index contributed by atoms with van der Waals surface area (Å²) in [4.78, 5) is 11.4. The molecule has 0 unspecified atom stereocenters. The van der Waals surface area contributed by atoms with E-state index in [1.807, 2.05) is 30.5 Å². The van der Waals surface area contributed by atoms with Gasteiger partial charge in [0.1, 0.15) is 0 Å². The van der Waals surface area contributed by atoms with Gasteiger partial charge in [-0.1, -0.05) is 23.7 Å². The maximum atomic E-state index is 12.7. The lowest BCUT2D eigenvalue weighted by Crippen LogP contribution is -2.26. The second-order valence-corrected chi connectivity index (χ2v) is 8.75. The molecule has 25 heavy (non-hydrogen) atoms. The average Bonchev–Trinajstić information content (AvgIpc) is 2.57. The first kappa shape index (κ1) is 19.7. The average molecular weight is 401 g/mol. The lowest BCUT2D eigenvalue weighted by molar-refractivity contribution is -0.385. The fourth-order valence-electron chi connectivity index (χ4n) is 2.23. The minimum atomic E-state index is -3.91. The summed E-state index contributed by atoms with van der Waals surface area (Å²) in [6.07, 6.45) is 1.96. The first-order chi connectivity index (χ1) is 11.7. The number of rotatable bonds is 6. The maximum absolute atomic E-state index is 12.7. The quantitative estimate of drug-likeness (QED) is 0.414. The topological polar surface area (TPSA) is 80.5 Å². The molecule has 0 bridgehead atoms. The van der Waals surface area contributed by atoms with Crippen LogP contribution in [0.15, 0.2) is 46.2 Å². The van der Waals surface area contributed by atoms with Gasteiger partial charge in [-0.3, -0.25) is 10.1 Å². The summed E-state index contributed by atoms with van der Waals surface area (Å²) < 4.78 is 26.6. The predicted octanol–water partition coefficient (Wildman–Crippen LogP) is 4.10. The first-order valence-electron chi connectivity index (χ1n) is 7.20. The van der Waals surface area contributed by atoms with E-state index in [0.29, 0.717) is 0 Å². The Bertz CT molecular complexity index is 899. The highest BCUT2D eigenvalue weighted by molar-refractivity contribution is 7.98. The van der Waals surface area contributed by atoms with E-state index in [4.69, 9.17) is 11.6 Å². The molecule has 0 atom stereocenters. The molecular formula is C16H17ClN2O4S2. The van der Waals surface area contributed by atoms with Gasteiger partial charge in [0.05, 0.1) is 14.8 Å². The number of benzene rings is 2. The Kier molecular flexibility index (Phi) is 6.10. The van der Waals surface area contributed by atoms with Crippen LogP contribution in [0.5, 0.6) is 0 Å². The van der Waals surface area contributed by atoms with E-state index in [1.54, 1.807) is 11.8 Å². The Labute approximate surface area is 156 Å². The predicted molar refractivity (Wildman–Crippen MR) is 99.7 cm³/mol. The summed E-state index contributed by atoms with van der Waals surface area (Å²) >= 11 is 7.57.